The van der Waals surface area contributed by atoms with Crippen molar-refractivity contribution in [3.05, 3.63) is 68.9 Å². The van der Waals surface area contributed by atoms with Crippen LogP contribution in [0.3, 0.4) is 0 Å². The molecule has 1 nitrogen and oxygen atoms in total. The third-order valence-corrected chi connectivity index (χ3v) is 3.80. The maximum atomic E-state index is 14.1. The van der Waals surface area contributed by atoms with E-state index >= 15 is 0 Å². The smallest absolute Gasteiger partial charge is 0.129 e. The number of hydrogen-bond donors (Lipinski definition) is 1. The van der Waals surface area contributed by atoms with Crippen molar-refractivity contribution >= 4 is 15.9 Å². The average Bonchev–Trinajstić information content (AvgIpc) is 2.36. The van der Waals surface area contributed by atoms with Crippen LogP contribution in [0.1, 0.15) is 28.3 Å². The van der Waals surface area contributed by atoms with Crippen LogP contribution in [0.25, 0.3) is 0 Å². The minimum Gasteiger partial charge on any atom is -0.309 e. The van der Waals surface area contributed by atoms with E-state index < -0.39 is 0 Å². The van der Waals surface area contributed by atoms with E-state index in [1.54, 1.807) is 0 Å². The van der Waals surface area contributed by atoms with Gasteiger partial charge in [-0.2, -0.15) is 0 Å². The van der Waals surface area contributed by atoms with Crippen LogP contribution in [-0.2, 0) is 0 Å². The number of aryl methyl sites for hydroxylation is 2. The van der Waals surface area contributed by atoms with E-state index in [1.807, 2.05) is 26.1 Å². The second kappa shape index (κ2) is 5.85. The molecule has 1 atom stereocenters. The van der Waals surface area contributed by atoms with Crippen molar-refractivity contribution in [2.45, 2.75) is 19.9 Å². The molecule has 0 aliphatic heterocycles. The Balaban J connectivity index is 2.52. The molecule has 0 heterocycles. The molecule has 2 aromatic rings. The summed E-state index contributed by atoms with van der Waals surface area (Å²) in [5.41, 5.74) is 4.12. The third-order valence-electron chi connectivity index (χ3n) is 3.31. The molecule has 1 N–H and O–H groups in total. The third kappa shape index (κ3) is 3.04. The first-order valence-electron chi connectivity index (χ1n) is 6.22. The number of nitrogens with one attached hydrogen (secondary N) is 1. The van der Waals surface area contributed by atoms with Crippen LogP contribution in [0, 0.1) is 19.7 Å². The molecule has 0 radical (unpaired) electrons. The first-order chi connectivity index (χ1) is 9.02. The molecule has 0 saturated carbocycles. The molecule has 0 bridgehead atoms. The normalized spacial score (nSPS) is 12.5. The monoisotopic (exact) mass is 321 g/mol. The lowest BCUT2D eigenvalue weighted by Gasteiger charge is -2.20. The highest BCUT2D eigenvalue weighted by atomic mass is 79.9. The van der Waals surface area contributed by atoms with Gasteiger partial charge in [0.2, 0.25) is 0 Å². The highest BCUT2D eigenvalue weighted by Crippen LogP contribution is 2.28. The van der Waals surface area contributed by atoms with Gasteiger partial charge in [-0.25, -0.2) is 4.39 Å². The van der Waals surface area contributed by atoms with Gasteiger partial charge in [0.05, 0.1) is 6.04 Å². The molecule has 0 aromatic heterocycles. The second-order valence-corrected chi connectivity index (χ2v) is 5.66. The molecule has 2 aromatic carbocycles. The SMILES string of the molecule is CNC(c1cc(C)ccc1C)c1ccc(Br)cc1F. The summed E-state index contributed by atoms with van der Waals surface area (Å²) in [6.45, 7) is 4.10. The Hall–Kier alpha value is -1.19. The topological polar surface area (TPSA) is 12.0 Å². The van der Waals surface area contributed by atoms with Crippen molar-refractivity contribution in [1.29, 1.82) is 0 Å². The number of hydrogen-bond acceptors (Lipinski definition) is 1. The van der Waals surface area contributed by atoms with E-state index in [1.165, 1.54) is 11.6 Å². The number of rotatable bonds is 3. The Morgan fingerprint density at radius 1 is 1.05 bits per heavy atom. The van der Waals surface area contributed by atoms with Crippen molar-refractivity contribution in [1.82, 2.24) is 5.32 Å². The summed E-state index contributed by atoms with van der Waals surface area (Å²) in [7, 11) is 1.86. The van der Waals surface area contributed by atoms with Gasteiger partial charge in [-0.05, 0) is 44.2 Å². The maximum Gasteiger partial charge on any atom is 0.129 e. The Morgan fingerprint density at radius 3 is 2.42 bits per heavy atom. The van der Waals surface area contributed by atoms with Crippen molar-refractivity contribution in [2.24, 2.45) is 0 Å². The Morgan fingerprint density at radius 2 is 1.79 bits per heavy atom. The fourth-order valence-corrected chi connectivity index (χ4v) is 2.62. The van der Waals surface area contributed by atoms with Crippen molar-refractivity contribution in [3.63, 3.8) is 0 Å². The molecule has 1 unspecified atom stereocenters. The zero-order valence-electron chi connectivity index (χ0n) is 11.3. The predicted octanol–water partition coefficient (Wildman–Crippen LogP) is 4.51. The van der Waals surface area contributed by atoms with Gasteiger partial charge in [0.15, 0.2) is 0 Å². The largest absolute Gasteiger partial charge is 0.309 e. The van der Waals surface area contributed by atoms with E-state index in [2.05, 4.69) is 46.4 Å². The van der Waals surface area contributed by atoms with Gasteiger partial charge in [0, 0.05) is 10.0 Å². The molecule has 0 aliphatic carbocycles. The summed E-state index contributed by atoms with van der Waals surface area (Å²) < 4.78 is 14.9. The summed E-state index contributed by atoms with van der Waals surface area (Å²) in [5.74, 6) is -0.199. The number of halogens is 2. The van der Waals surface area contributed by atoms with E-state index in [0.29, 0.717) is 5.56 Å². The van der Waals surface area contributed by atoms with Crippen LogP contribution in [0.4, 0.5) is 4.39 Å². The van der Waals surface area contributed by atoms with Crippen molar-refractivity contribution in [3.8, 4) is 0 Å². The molecule has 0 amide bonds. The average molecular weight is 322 g/mol. The summed E-state index contributed by atoms with van der Waals surface area (Å²) in [4.78, 5) is 0. The molecule has 3 heteroatoms. The maximum absolute atomic E-state index is 14.1. The Labute approximate surface area is 122 Å². The van der Waals surface area contributed by atoms with Crippen LogP contribution < -0.4 is 5.32 Å². The molecule has 0 saturated heterocycles. The fraction of sp³-hybridized carbons (Fsp3) is 0.250. The van der Waals surface area contributed by atoms with Crippen LogP contribution in [-0.4, -0.2) is 7.05 Å². The lowest BCUT2D eigenvalue weighted by atomic mass is 9.93. The summed E-state index contributed by atoms with van der Waals surface area (Å²) in [6.07, 6.45) is 0. The fourth-order valence-electron chi connectivity index (χ4n) is 2.29. The molecule has 0 fully saturated rings. The van der Waals surface area contributed by atoms with E-state index in [0.717, 1.165) is 15.6 Å². The van der Waals surface area contributed by atoms with Gasteiger partial charge in [0.1, 0.15) is 5.82 Å². The molecule has 2 rings (SSSR count). The van der Waals surface area contributed by atoms with Gasteiger partial charge in [0.25, 0.3) is 0 Å². The molecule has 0 spiro atoms. The lowest BCUT2D eigenvalue weighted by Crippen LogP contribution is -2.20. The molecule has 100 valence electrons. The van der Waals surface area contributed by atoms with Gasteiger partial charge in [-0.1, -0.05) is 45.8 Å². The zero-order valence-corrected chi connectivity index (χ0v) is 12.9. The predicted molar refractivity (Wildman–Crippen MR) is 80.9 cm³/mol. The highest BCUT2D eigenvalue weighted by Gasteiger charge is 2.18. The van der Waals surface area contributed by atoms with E-state index in [-0.39, 0.29) is 11.9 Å². The van der Waals surface area contributed by atoms with Crippen LogP contribution in [0.2, 0.25) is 0 Å². The molecular weight excluding hydrogens is 305 g/mol. The minimum absolute atomic E-state index is 0.131. The summed E-state index contributed by atoms with van der Waals surface area (Å²) in [5, 5.41) is 3.21. The first-order valence-corrected chi connectivity index (χ1v) is 7.01. The molecular formula is C16H17BrFN. The Bertz CT molecular complexity index is 595. The van der Waals surface area contributed by atoms with Crippen LogP contribution in [0.15, 0.2) is 40.9 Å². The van der Waals surface area contributed by atoms with Gasteiger partial charge in [-0.15, -0.1) is 0 Å². The van der Waals surface area contributed by atoms with Gasteiger partial charge in [-0.3, -0.25) is 0 Å². The lowest BCUT2D eigenvalue weighted by molar-refractivity contribution is 0.574. The van der Waals surface area contributed by atoms with E-state index in [9.17, 15) is 4.39 Å². The van der Waals surface area contributed by atoms with Gasteiger partial charge < -0.3 is 5.32 Å². The van der Waals surface area contributed by atoms with Crippen LogP contribution in [0.5, 0.6) is 0 Å². The Kier molecular flexibility index (Phi) is 4.38. The second-order valence-electron chi connectivity index (χ2n) is 4.75. The highest BCUT2D eigenvalue weighted by molar-refractivity contribution is 9.10. The standard InChI is InChI=1S/C16H17BrFN/c1-10-4-5-11(2)14(8-10)16(19-3)13-7-6-12(17)9-15(13)18/h4-9,16,19H,1-3H3. The quantitative estimate of drug-likeness (QED) is 0.876. The minimum atomic E-state index is -0.199. The molecule has 19 heavy (non-hydrogen) atoms. The van der Waals surface area contributed by atoms with E-state index in [4.69, 9.17) is 0 Å². The van der Waals surface area contributed by atoms with Crippen molar-refractivity contribution < 1.29 is 4.39 Å². The zero-order chi connectivity index (χ0) is 14.0. The summed E-state index contributed by atoms with van der Waals surface area (Å²) in [6, 6.07) is 11.3. The first kappa shape index (κ1) is 14.2. The summed E-state index contributed by atoms with van der Waals surface area (Å²) >= 11 is 3.29. The number of benzene rings is 2. The van der Waals surface area contributed by atoms with Gasteiger partial charge >= 0.3 is 0 Å². The molecule has 0 aliphatic rings. The van der Waals surface area contributed by atoms with Crippen molar-refractivity contribution in [2.75, 3.05) is 7.05 Å². The van der Waals surface area contributed by atoms with Crippen LogP contribution >= 0.6 is 15.9 Å².